The van der Waals surface area contributed by atoms with Gasteiger partial charge in [-0.25, -0.2) is 4.98 Å². The van der Waals surface area contributed by atoms with E-state index in [0.29, 0.717) is 6.07 Å². The van der Waals surface area contributed by atoms with Crippen molar-refractivity contribution in [3.63, 3.8) is 0 Å². The molecule has 1 aromatic heterocycles. The summed E-state index contributed by atoms with van der Waals surface area (Å²) in [7, 11) is 0. The lowest BCUT2D eigenvalue weighted by atomic mass is 10.2. The normalized spacial score (nSPS) is 11.2. The molecule has 0 fully saturated rings. The summed E-state index contributed by atoms with van der Waals surface area (Å²) in [5.74, 6) is -1.14. The highest BCUT2D eigenvalue weighted by molar-refractivity contribution is 14.1. The minimum atomic E-state index is -4.64. The predicted octanol–water partition coefficient (Wildman–Crippen LogP) is 3.60. The number of nitrogens with zero attached hydrogens (tertiary/aromatic N) is 1. The molecule has 0 unspecified atom stereocenters. The fourth-order valence-electron chi connectivity index (χ4n) is 1.48. The molecule has 2 N–H and O–H groups in total. The lowest BCUT2D eigenvalue weighted by Crippen LogP contribution is -2.16. The van der Waals surface area contributed by atoms with Crippen LogP contribution in [0.2, 0.25) is 0 Å². The molecular formula is C13H8F3IN2O2. The SMILES string of the molecule is NC(=O)c1ccc(C(F)(F)F)nc1Oc1ccc(I)cc1. The van der Waals surface area contributed by atoms with E-state index in [1.54, 1.807) is 24.3 Å². The van der Waals surface area contributed by atoms with Gasteiger partial charge >= 0.3 is 6.18 Å². The van der Waals surface area contributed by atoms with Gasteiger partial charge in [0.15, 0.2) is 0 Å². The van der Waals surface area contributed by atoms with Crippen molar-refractivity contribution >= 4 is 28.5 Å². The molecule has 0 atom stereocenters. The smallest absolute Gasteiger partial charge is 0.433 e. The first kappa shape index (κ1) is 15.5. The Morgan fingerprint density at radius 2 is 1.76 bits per heavy atom. The Labute approximate surface area is 131 Å². The number of hydrogen-bond acceptors (Lipinski definition) is 3. The topological polar surface area (TPSA) is 65.2 Å². The van der Waals surface area contributed by atoms with E-state index in [2.05, 4.69) is 27.6 Å². The Morgan fingerprint density at radius 1 is 1.14 bits per heavy atom. The number of carbonyl (C=O) groups is 1. The zero-order chi connectivity index (χ0) is 15.6. The molecule has 0 aliphatic heterocycles. The zero-order valence-electron chi connectivity index (χ0n) is 10.3. The van der Waals surface area contributed by atoms with Crippen LogP contribution in [0.1, 0.15) is 16.1 Å². The minimum absolute atomic E-state index is 0.221. The number of pyridine rings is 1. The van der Waals surface area contributed by atoms with Gasteiger partial charge in [0, 0.05) is 3.57 Å². The largest absolute Gasteiger partial charge is 0.438 e. The molecule has 1 amide bonds. The molecule has 0 aliphatic carbocycles. The van der Waals surface area contributed by atoms with Crippen LogP contribution in [-0.2, 0) is 6.18 Å². The summed E-state index contributed by atoms with van der Waals surface area (Å²) in [5, 5.41) is 0. The molecule has 110 valence electrons. The summed E-state index contributed by atoms with van der Waals surface area (Å²) in [6, 6.07) is 8.13. The number of ether oxygens (including phenoxy) is 1. The number of alkyl halides is 3. The number of halogens is 4. The van der Waals surface area contributed by atoms with Gasteiger partial charge < -0.3 is 10.5 Å². The molecule has 1 heterocycles. The third-order valence-corrected chi connectivity index (χ3v) is 3.16. The number of hydrogen-bond donors (Lipinski definition) is 1. The maximum atomic E-state index is 12.7. The monoisotopic (exact) mass is 408 g/mol. The third-order valence-electron chi connectivity index (χ3n) is 2.44. The average Bonchev–Trinajstić information content (AvgIpc) is 2.40. The Kier molecular flexibility index (Phi) is 4.35. The van der Waals surface area contributed by atoms with Crippen molar-refractivity contribution in [1.82, 2.24) is 4.98 Å². The molecular weight excluding hydrogens is 400 g/mol. The first-order valence-corrected chi connectivity index (χ1v) is 6.66. The first-order chi connectivity index (χ1) is 9.77. The van der Waals surface area contributed by atoms with Crippen LogP contribution < -0.4 is 10.5 Å². The number of primary amides is 1. The first-order valence-electron chi connectivity index (χ1n) is 5.59. The van der Waals surface area contributed by atoms with Gasteiger partial charge in [0.25, 0.3) is 5.91 Å². The number of amides is 1. The Balaban J connectivity index is 2.43. The van der Waals surface area contributed by atoms with Gasteiger partial charge in [-0.2, -0.15) is 13.2 Å². The van der Waals surface area contributed by atoms with Gasteiger partial charge in [0.2, 0.25) is 5.88 Å². The van der Waals surface area contributed by atoms with Crippen LogP contribution >= 0.6 is 22.6 Å². The fourth-order valence-corrected chi connectivity index (χ4v) is 1.84. The summed E-state index contributed by atoms with van der Waals surface area (Å²) in [6.07, 6.45) is -4.64. The molecule has 4 nitrogen and oxygen atoms in total. The van der Waals surface area contributed by atoms with Crippen LogP contribution in [-0.4, -0.2) is 10.9 Å². The van der Waals surface area contributed by atoms with E-state index in [0.717, 1.165) is 9.64 Å². The second kappa shape index (κ2) is 5.88. The van der Waals surface area contributed by atoms with Crippen LogP contribution in [0.5, 0.6) is 11.6 Å². The van der Waals surface area contributed by atoms with E-state index >= 15 is 0 Å². The van der Waals surface area contributed by atoms with Gasteiger partial charge in [-0.05, 0) is 59.0 Å². The summed E-state index contributed by atoms with van der Waals surface area (Å²) in [6.45, 7) is 0. The van der Waals surface area contributed by atoms with E-state index in [-0.39, 0.29) is 11.3 Å². The second-order valence-electron chi connectivity index (χ2n) is 3.97. The fraction of sp³-hybridized carbons (Fsp3) is 0.0769. The molecule has 0 bridgehead atoms. The third kappa shape index (κ3) is 3.84. The summed E-state index contributed by atoms with van der Waals surface area (Å²) < 4.78 is 44.1. The van der Waals surface area contributed by atoms with Gasteiger partial charge in [0.05, 0.1) is 0 Å². The molecule has 1 aromatic carbocycles. The van der Waals surface area contributed by atoms with Gasteiger partial charge in [-0.3, -0.25) is 4.79 Å². The van der Waals surface area contributed by atoms with Crippen molar-refractivity contribution < 1.29 is 22.7 Å². The maximum absolute atomic E-state index is 12.7. The lowest BCUT2D eigenvalue weighted by molar-refractivity contribution is -0.141. The van der Waals surface area contributed by atoms with Crippen LogP contribution in [0, 0.1) is 3.57 Å². The van der Waals surface area contributed by atoms with Crippen molar-refractivity contribution in [3.05, 3.63) is 51.2 Å². The number of nitrogens with two attached hydrogens (primary N) is 1. The molecule has 0 radical (unpaired) electrons. The van der Waals surface area contributed by atoms with Crippen molar-refractivity contribution in [2.24, 2.45) is 5.73 Å². The highest BCUT2D eigenvalue weighted by Gasteiger charge is 2.33. The highest BCUT2D eigenvalue weighted by atomic mass is 127. The molecule has 0 spiro atoms. The van der Waals surface area contributed by atoms with E-state index in [1.165, 1.54) is 0 Å². The second-order valence-corrected chi connectivity index (χ2v) is 5.21. The maximum Gasteiger partial charge on any atom is 0.433 e. The van der Waals surface area contributed by atoms with Crippen molar-refractivity contribution in [2.45, 2.75) is 6.18 Å². The molecule has 8 heteroatoms. The number of rotatable bonds is 3. The Hall–Kier alpha value is -1.84. The summed E-state index contributed by atoms with van der Waals surface area (Å²) in [4.78, 5) is 14.6. The van der Waals surface area contributed by atoms with Crippen molar-refractivity contribution in [2.75, 3.05) is 0 Å². The standard InChI is InChI=1S/C13H8F3IN2O2/c14-13(15,16)10-6-5-9(11(18)20)12(19-10)21-8-3-1-7(17)2-4-8/h1-6H,(H2,18,20). The summed E-state index contributed by atoms with van der Waals surface area (Å²) >= 11 is 2.07. The van der Waals surface area contributed by atoms with Crippen LogP contribution in [0.4, 0.5) is 13.2 Å². The quantitative estimate of drug-likeness (QED) is 0.790. The molecule has 2 aromatic rings. The Bertz CT molecular complexity index is 672. The number of carbonyl (C=O) groups excluding carboxylic acids is 1. The molecule has 0 aliphatic rings. The van der Waals surface area contributed by atoms with Crippen molar-refractivity contribution in [3.8, 4) is 11.6 Å². The number of aromatic nitrogens is 1. The van der Waals surface area contributed by atoms with Gasteiger partial charge in [-0.15, -0.1) is 0 Å². The average molecular weight is 408 g/mol. The zero-order valence-corrected chi connectivity index (χ0v) is 12.5. The molecule has 0 saturated carbocycles. The van der Waals surface area contributed by atoms with Gasteiger partial charge in [-0.1, -0.05) is 0 Å². The van der Waals surface area contributed by atoms with E-state index in [9.17, 15) is 18.0 Å². The summed E-state index contributed by atoms with van der Waals surface area (Å²) in [5.41, 5.74) is 3.73. The van der Waals surface area contributed by atoms with Gasteiger partial charge in [0.1, 0.15) is 17.0 Å². The predicted molar refractivity (Wildman–Crippen MR) is 77.0 cm³/mol. The van der Waals surface area contributed by atoms with E-state index in [4.69, 9.17) is 10.5 Å². The van der Waals surface area contributed by atoms with Crippen LogP contribution in [0.3, 0.4) is 0 Å². The van der Waals surface area contributed by atoms with Crippen LogP contribution in [0.25, 0.3) is 0 Å². The molecule has 2 rings (SSSR count). The van der Waals surface area contributed by atoms with E-state index < -0.39 is 23.7 Å². The number of benzene rings is 1. The van der Waals surface area contributed by atoms with Crippen LogP contribution in [0.15, 0.2) is 36.4 Å². The molecule has 0 saturated heterocycles. The molecule has 21 heavy (non-hydrogen) atoms. The Morgan fingerprint density at radius 3 is 2.29 bits per heavy atom. The minimum Gasteiger partial charge on any atom is -0.438 e. The lowest BCUT2D eigenvalue weighted by Gasteiger charge is -2.11. The van der Waals surface area contributed by atoms with Crippen molar-refractivity contribution in [1.29, 1.82) is 0 Å². The van der Waals surface area contributed by atoms with E-state index in [1.807, 2.05) is 0 Å². The highest BCUT2D eigenvalue weighted by Crippen LogP contribution is 2.31.